The summed E-state index contributed by atoms with van der Waals surface area (Å²) < 4.78 is 1.99. The topological polar surface area (TPSA) is 42.0 Å². The third-order valence-electron chi connectivity index (χ3n) is 3.59. The first-order valence-electron chi connectivity index (χ1n) is 6.99. The molecule has 3 rings (SSSR count). The maximum atomic E-state index is 4.52. The van der Waals surface area contributed by atoms with Crippen molar-refractivity contribution in [1.82, 2.24) is 9.38 Å². The Kier molecular flexibility index (Phi) is 3.29. The third-order valence-corrected chi connectivity index (χ3v) is 3.59. The molecule has 0 aliphatic heterocycles. The average Bonchev–Trinajstić information content (AvgIpc) is 2.74. The van der Waals surface area contributed by atoms with Crippen molar-refractivity contribution in [2.24, 2.45) is 10.2 Å². The van der Waals surface area contributed by atoms with Crippen LogP contribution in [0.3, 0.4) is 0 Å². The van der Waals surface area contributed by atoms with E-state index in [4.69, 9.17) is 0 Å². The van der Waals surface area contributed by atoms with Gasteiger partial charge in [-0.2, -0.15) is 0 Å². The Morgan fingerprint density at radius 1 is 0.905 bits per heavy atom. The van der Waals surface area contributed by atoms with Crippen LogP contribution < -0.4 is 0 Å². The minimum absolute atomic E-state index is 0.788. The highest BCUT2D eigenvalue weighted by Gasteiger charge is 2.08. The molecule has 0 unspecified atom stereocenters. The number of benzene rings is 1. The second-order valence-corrected chi connectivity index (χ2v) is 5.40. The van der Waals surface area contributed by atoms with Crippen LogP contribution in [0.2, 0.25) is 0 Å². The first-order chi connectivity index (χ1) is 10.1. The summed E-state index contributed by atoms with van der Waals surface area (Å²) in [7, 11) is 0. The maximum Gasteiger partial charge on any atom is 0.182 e. The number of pyridine rings is 1. The molecule has 0 aliphatic rings. The lowest BCUT2D eigenvalue weighted by molar-refractivity contribution is 1.07. The van der Waals surface area contributed by atoms with Crippen molar-refractivity contribution in [3.8, 4) is 0 Å². The molecule has 0 saturated carbocycles. The van der Waals surface area contributed by atoms with E-state index in [1.807, 2.05) is 61.7 Å². The van der Waals surface area contributed by atoms with Crippen molar-refractivity contribution in [2.75, 3.05) is 0 Å². The predicted octanol–water partition coefficient (Wildman–Crippen LogP) is 4.98. The predicted molar refractivity (Wildman–Crippen MR) is 84.8 cm³/mol. The van der Waals surface area contributed by atoms with Gasteiger partial charge in [0.2, 0.25) is 0 Å². The molecule has 4 heteroatoms. The third kappa shape index (κ3) is 2.44. The molecule has 4 nitrogen and oxygen atoms in total. The maximum absolute atomic E-state index is 4.52. The van der Waals surface area contributed by atoms with E-state index in [-0.39, 0.29) is 0 Å². The summed E-state index contributed by atoms with van der Waals surface area (Å²) in [6.45, 7) is 8.11. The van der Waals surface area contributed by atoms with Gasteiger partial charge in [-0.25, -0.2) is 4.98 Å². The summed E-state index contributed by atoms with van der Waals surface area (Å²) in [5.41, 5.74) is 6.13. The van der Waals surface area contributed by atoms with Gasteiger partial charge in [0.1, 0.15) is 5.65 Å². The number of fused-ring (bicyclic) bond motifs is 1. The quantitative estimate of drug-likeness (QED) is 0.609. The second kappa shape index (κ2) is 5.13. The Hall–Kier alpha value is -2.49. The Bertz CT molecular complexity index is 823. The summed E-state index contributed by atoms with van der Waals surface area (Å²) in [6.07, 6.45) is 2.04. The van der Waals surface area contributed by atoms with E-state index < -0.39 is 0 Å². The van der Waals surface area contributed by atoms with E-state index in [0.29, 0.717) is 0 Å². The molecule has 0 saturated heterocycles. The standard InChI is InChI=1S/C17H18N4/c1-11-8-9-15-18-14(4)17(21(15)10-11)20-19-16-12(2)6-5-7-13(16)3/h5-10H,1-4H3. The SMILES string of the molecule is Cc1ccc2nc(C)c(N=Nc3c(C)cccc3C)n2c1. The van der Waals surface area contributed by atoms with Gasteiger partial charge in [0.25, 0.3) is 0 Å². The van der Waals surface area contributed by atoms with Crippen molar-refractivity contribution in [3.05, 3.63) is 58.9 Å². The van der Waals surface area contributed by atoms with E-state index in [2.05, 4.69) is 22.1 Å². The van der Waals surface area contributed by atoms with E-state index >= 15 is 0 Å². The first kappa shape index (κ1) is 13.5. The molecule has 2 aromatic heterocycles. The van der Waals surface area contributed by atoms with Crippen LogP contribution in [0.4, 0.5) is 11.5 Å². The number of aryl methyl sites for hydroxylation is 4. The zero-order chi connectivity index (χ0) is 15.0. The molecule has 1 aromatic carbocycles. The van der Waals surface area contributed by atoms with E-state index in [9.17, 15) is 0 Å². The number of azo groups is 1. The fourth-order valence-electron chi connectivity index (χ4n) is 2.44. The highest BCUT2D eigenvalue weighted by molar-refractivity contribution is 5.54. The van der Waals surface area contributed by atoms with Crippen molar-refractivity contribution in [2.45, 2.75) is 27.7 Å². The van der Waals surface area contributed by atoms with Crippen LogP contribution >= 0.6 is 0 Å². The van der Waals surface area contributed by atoms with Crippen LogP contribution in [-0.2, 0) is 0 Å². The Labute approximate surface area is 124 Å². The molecule has 0 spiro atoms. The lowest BCUT2D eigenvalue weighted by atomic mass is 10.1. The highest BCUT2D eigenvalue weighted by atomic mass is 15.2. The molecule has 0 aliphatic carbocycles. The average molecular weight is 278 g/mol. The summed E-state index contributed by atoms with van der Waals surface area (Å²) in [4.78, 5) is 4.52. The minimum Gasteiger partial charge on any atom is -0.283 e. The molecular weight excluding hydrogens is 260 g/mol. The molecule has 106 valence electrons. The van der Waals surface area contributed by atoms with Crippen molar-refractivity contribution < 1.29 is 0 Å². The van der Waals surface area contributed by atoms with Gasteiger partial charge in [0, 0.05) is 6.20 Å². The van der Waals surface area contributed by atoms with E-state index in [1.54, 1.807) is 0 Å². The monoisotopic (exact) mass is 278 g/mol. The van der Waals surface area contributed by atoms with Gasteiger partial charge in [0.05, 0.1) is 11.4 Å². The number of aromatic nitrogens is 2. The molecule has 3 aromatic rings. The minimum atomic E-state index is 0.788. The molecule has 2 heterocycles. The summed E-state index contributed by atoms with van der Waals surface area (Å²) in [5.74, 6) is 0.788. The largest absolute Gasteiger partial charge is 0.283 e. The highest BCUT2D eigenvalue weighted by Crippen LogP contribution is 2.27. The number of hydrogen-bond donors (Lipinski definition) is 0. The molecule has 21 heavy (non-hydrogen) atoms. The molecule has 0 bridgehead atoms. The molecule has 0 fully saturated rings. The summed E-state index contributed by atoms with van der Waals surface area (Å²) in [6, 6.07) is 10.2. The van der Waals surface area contributed by atoms with Crippen molar-refractivity contribution in [3.63, 3.8) is 0 Å². The Balaban J connectivity index is 2.11. The van der Waals surface area contributed by atoms with Crippen LogP contribution in [0, 0.1) is 27.7 Å². The summed E-state index contributed by atoms with van der Waals surface area (Å²) in [5, 5.41) is 8.90. The molecular formula is C17H18N4. The number of rotatable bonds is 2. The molecule has 0 atom stereocenters. The first-order valence-corrected chi connectivity index (χ1v) is 6.99. The molecule has 0 N–H and O–H groups in total. The number of imidazole rings is 1. The van der Waals surface area contributed by atoms with Gasteiger partial charge >= 0.3 is 0 Å². The van der Waals surface area contributed by atoms with E-state index in [0.717, 1.165) is 34.0 Å². The van der Waals surface area contributed by atoms with Crippen LogP contribution in [-0.4, -0.2) is 9.38 Å². The molecule has 0 amide bonds. The Morgan fingerprint density at radius 3 is 2.33 bits per heavy atom. The van der Waals surface area contributed by atoms with Gasteiger partial charge in [-0.15, -0.1) is 10.2 Å². The van der Waals surface area contributed by atoms with E-state index in [1.165, 1.54) is 5.56 Å². The lowest BCUT2D eigenvalue weighted by Crippen LogP contribution is -1.85. The fourth-order valence-corrected chi connectivity index (χ4v) is 2.44. The number of hydrogen-bond acceptors (Lipinski definition) is 3. The number of nitrogens with zero attached hydrogens (tertiary/aromatic N) is 4. The van der Waals surface area contributed by atoms with Crippen LogP contribution in [0.15, 0.2) is 46.8 Å². The smallest absolute Gasteiger partial charge is 0.182 e. The van der Waals surface area contributed by atoms with Crippen LogP contribution in [0.25, 0.3) is 5.65 Å². The molecule has 0 radical (unpaired) electrons. The van der Waals surface area contributed by atoms with Crippen LogP contribution in [0.5, 0.6) is 0 Å². The van der Waals surface area contributed by atoms with Gasteiger partial charge in [-0.1, -0.05) is 24.3 Å². The Morgan fingerprint density at radius 2 is 1.62 bits per heavy atom. The normalized spacial score (nSPS) is 11.6. The second-order valence-electron chi connectivity index (χ2n) is 5.40. The fraction of sp³-hybridized carbons (Fsp3) is 0.235. The zero-order valence-corrected chi connectivity index (χ0v) is 12.8. The van der Waals surface area contributed by atoms with Crippen molar-refractivity contribution in [1.29, 1.82) is 0 Å². The van der Waals surface area contributed by atoms with Gasteiger partial charge in [-0.3, -0.25) is 4.40 Å². The van der Waals surface area contributed by atoms with Gasteiger partial charge in [-0.05, 0) is 50.5 Å². The van der Waals surface area contributed by atoms with Crippen LogP contribution in [0.1, 0.15) is 22.4 Å². The van der Waals surface area contributed by atoms with Crippen molar-refractivity contribution >= 4 is 17.2 Å². The summed E-state index contributed by atoms with van der Waals surface area (Å²) >= 11 is 0. The van der Waals surface area contributed by atoms with Gasteiger partial charge < -0.3 is 0 Å². The zero-order valence-electron chi connectivity index (χ0n) is 12.8. The lowest BCUT2D eigenvalue weighted by Gasteiger charge is -2.03. The van der Waals surface area contributed by atoms with Gasteiger partial charge in [0.15, 0.2) is 5.82 Å².